The highest BCUT2D eigenvalue weighted by molar-refractivity contribution is 7.01. The Kier molecular flexibility index (Phi) is 12.6. The Balaban J connectivity index is 1.15. The van der Waals surface area contributed by atoms with Crippen molar-refractivity contribution in [1.82, 2.24) is 0 Å². The molecule has 450 valence electrons. The molecule has 0 radical (unpaired) electrons. The topological polar surface area (TPSA) is 22.9 Å². The number of aryl methyl sites for hydroxylation is 2. The summed E-state index contributed by atoms with van der Waals surface area (Å²) in [5.41, 5.74) is 31.1. The van der Waals surface area contributed by atoms with Crippen LogP contribution in [0.1, 0.15) is 192 Å². The smallest absolute Gasteiger partial charge is 0.257 e. The SMILES string of the molecule is Cc1ccccc1N(c1cc2c3c(c1)N(c1ccc(C(C)(C)C)cc1-c1ccccc1)c1ccc4c(oc5cc6c(cc54)C(C)(C)CCC6(C)C)c1B3c1cc3c(cc1N2c1ccc2c(c1)C(C)(C)CCC2(C)C)C(C)(C)CCC3(C)C)c1ccccc1C. The van der Waals surface area contributed by atoms with E-state index < -0.39 is 0 Å². The zero-order valence-corrected chi connectivity index (χ0v) is 56.2. The first-order valence-corrected chi connectivity index (χ1v) is 33.3. The fourth-order valence-electron chi connectivity index (χ4n) is 16.9. The van der Waals surface area contributed by atoms with E-state index in [0.29, 0.717) is 0 Å². The summed E-state index contributed by atoms with van der Waals surface area (Å²) in [5, 5.41) is 2.39. The first kappa shape index (κ1) is 57.7. The van der Waals surface area contributed by atoms with Crippen molar-refractivity contribution < 1.29 is 4.42 Å². The van der Waals surface area contributed by atoms with Crippen LogP contribution in [-0.2, 0) is 37.9 Å². The zero-order chi connectivity index (χ0) is 62.4. The second-order valence-electron chi connectivity index (χ2n) is 32.6. The summed E-state index contributed by atoms with van der Waals surface area (Å²) in [6.07, 6.45) is 6.82. The van der Waals surface area contributed by atoms with Crippen molar-refractivity contribution in [1.29, 1.82) is 0 Å². The summed E-state index contributed by atoms with van der Waals surface area (Å²) in [7, 11) is 0. The van der Waals surface area contributed by atoms with E-state index in [1.807, 2.05) is 0 Å². The minimum Gasteiger partial charge on any atom is -0.457 e. The van der Waals surface area contributed by atoms with Gasteiger partial charge >= 0.3 is 0 Å². The summed E-state index contributed by atoms with van der Waals surface area (Å²) in [6, 6.07) is 64.5. The first-order valence-electron chi connectivity index (χ1n) is 33.3. The standard InChI is InChI=1S/C84H90BN3O/c1-51-25-21-23-29-67(51)87(68-30-24-22-26-52(68)2)56-45-72-75-73(46-56)88(69-35-31-54(78(3,4)5)43-58(69)53-27-19-18-20-28-53)70-36-33-57-59-47-62-65(84(16,17)42-39-81(62,10)11)50-74(59)89-77(57)76(70)85(75)66-48-63-64(83(14,15)41-40-82(63,12)13)49-71(66)86(72)55-32-34-60-61(44-55)80(8,9)38-37-79(60,6)7/h18-36,43-50H,37-42H2,1-17H3. The Labute approximate surface area is 531 Å². The molecule has 0 atom stereocenters. The molecule has 0 N–H and O–H groups in total. The predicted octanol–water partition coefficient (Wildman–Crippen LogP) is 21.8. The number of benzene rings is 9. The fourth-order valence-corrected chi connectivity index (χ4v) is 16.9. The lowest BCUT2D eigenvalue weighted by molar-refractivity contribution is 0.332. The van der Waals surface area contributed by atoms with Crippen molar-refractivity contribution in [2.24, 2.45) is 0 Å². The van der Waals surface area contributed by atoms with Crippen LogP contribution < -0.4 is 31.1 Å². The van der Waals surface area contributed by atoms with Crippen LogP contribution in [0.25, 0.3) is 33.1 Å². The molecule has 89 heavy (non-hydrogen) atoms. The van der Waals surface area contributed by atoms with Crippen LogP contribution in [-0.4, -0.2) is 6.71 Å². The molecule has 2 aliphatic heterocycles. The third-order valence-corrected chi connectivity index (χ3v) is 22.9. The normalized spacial score (nSPS) is 18.6. The first-order chi connectivity index (χ1) is 42.0. The Morgan fingerprint density at radius 2 is 0.921 bits per heavy atom. The van der Waals surface area contributed by atoms with Gasteiger partial charge in [0, 0.05) is 56.1 Å². The minimum atomic E-state index is -0.211. The van der Waals surface area contributed by atoms with Gasteiger partial charge in [-0.1, -0.05) is 189 Å². The number of hydrogen-bond donors (Lipinski definition) is 0. The van der Waals surface area contributed by atoms with Crippen LogP contribution in [0.5, 0.6) is 0 Å². The van der Waals surface area contributed by atoms with Gasteiger partial charge in [0.2, 0.25) is 0 Å². The summed E-state index contributed by atoms with van der Waals surface area (Å²) >= 11 is 0. The number of para-hydroxylation sites is 2. The number of anilines is 9. The minimum absolute atomic E-state index is 0.0169. The molecule has 3 aliphatic carbocycles. The molecule has 3 heterocycles. The van der Waals surface area contributed by atoms with Crippen molar-refractivity contribution in [3.8, 4) is 11.1 Å². The van der Waals surface area contributed by atoms with Gasteiger partial charge in [-0.15, -0.1) is 0 Å². The number of fused-ring (bicyclic) bond motifs is 11. The molecule has 5 heteroatoms. The van der Waals surface area contributed by atoms with E-state index in [4.69, 9.17) is 4.42 Å². The van der Waals surface area contributed by atoms with Crippen molar-refractivity contribution in [3.63, 3.8) is 0 Å². The molecule has 15 rings (SSSR count). The maximum absolute atomic E-state index is 7.83. The lowest BCUT2D eigenvalue weighted by Crippen LogP contribution is -2.62. The average Bonchev–Trinajstić information content (AvgIpc) is 1.55. The van der Waals surface area contributed by atoms with Crippen molar-refractivity contribution >= 4 is 96.2 Å². The van der Waals surface area contributed by atoms with E-state index in [1.165, 1.54) is 111 Å². The predicted molar refractivity (Wildman–Crippen MR) is 382 cm³/mol. The lowest BCUT2D eigenvalue weighted by atomic mass is 9.33. The molecular formula is C84H90BN3O. The van der Waals surface area contributed by atoms with Gasteiger partial charge in [0.05, 0.1) is 11.4 Å². The molecule has 10 aromatic rings. The van der Waals surface area contributed by atoms with E-state index in [2.05, 4.69) is 296 Å². The third kappa shape index (κ3) is 8.80. The molecule has 9 aromatic carbocycles. The molecule has 0 bridgehead atoms. The van der Waals surface area contributed by atoms with Gasteiger partial charge in [-0.05, 0) is 241 Å². The van der Waals surface area contributed by atoms with Gasteiger partial charge < -0.3 is 19.1 Å². The van der Waals surface area contributed by atoms with E-state index in [0.717, 1.165) is 78.1 Å². The third-order valence-electron chi connectivity index (χ3n) is 22.9. The van der Waals surface area contributed by atoms with Crippen LogP contribution in [0.15, 0.2) is 168 Å². The molecule has 0 saturated heterocycles. The van der Waals surface area contributed by atoms with E-state index >= 15 is 0 Å². The number of nitrogens with zero attached hydrogens (tertiary/aromatic N) is 3. The van der Waals surface area contributed by atoms with Gasteiger partial charge in [0.25, 0.3) is 6.71 Å². The van der Waals surface area contributed by atoms with Crippen molar-refractivity contribution in [2.75, 3.05) is 14.7 Å². The van der Waals surface area contributed by atoms with Gasteiger partial charge in [-0.25, -0.2) is 0 Å². The second kappa shape index (κ2) is 19.4. The Hall–Kier alpha value is -7.76. The average molecular weight is 1170 g/mol. The Bertz CT molecular complexity index is 4550. The highest BCUT2D eigenvalue weighted by atomic mass is 16.3. The number of furan rings is 1. The van der Waals surface area contributed by atoms with Crippen molar-refractivity contribution in [2.45, 2.75) is 194 Å². The molecule has 0 amide bonds. The maximum Gasteiger partial charge on any atom is 0.257 e. The Morgan fingerprint density at radius 3 is 1.51 bits per heavy atom. The van der Waals surface area contributed by atoms with Gasteiger partial charge in [-0.3, -0.25) is 0 Å². The summed E-state index contributed by atoms with van der Waals surface area (Å²) in [6.45, 7) is 41.0. The van der Waals surface area contributed by atoms with Crippen LogP contribution in [0.2, 0.25) is 0 Å². The molecule has 5 aliphatic rings. The Morgan fingerprint density at radius 1 is 0.416 bits per heavy atom. The summed E-state index contributed by atoms with van der Waals surface area (Å²) in [5.74, 6) is 0. The lowest BCUT2D eigenvalue weighted by Gasteiger charge is -2.48. The van der Waals surface area contributed by atoms with Gasteiger partial charge in [0.15, 0.2) is 0 Å². The van der Waals surface area contributed by atoms with Crippen molar-refractivity contribution in [3.05, 3.63) is 214 Å². The quantitative estimate of drug-likeness (QED) is 0.155. The summed E-state index contributed by atoms with van der Waals surface area (Å²) < 4.78 is 7.83. The highest BCUT2D eigenvalue weighted by Crippen LogP contribution is 2.56. The molecular weight excluding hydrogens is 1080 g/mol. The monoisotopic (exact) mass is 1170 g/mol. The second-order valence-corrected chi connectivity index (χ2v) is 32.6. The molecule has 1 aromatic heterocycles. The molecule has 4 nitrogen and oxygen atoms in total. The van der Waals surface area contributed by atoms with E-state index in [1.54, 1.807) is 0 Å². The van der Waals surface area contributed by atoms with E-state index in [-0.39, 0.29) is 44.6 Å². The van der Waals surface area contributed by atoms with Gasteiger partial charge in [0.1, 0.15) is 11.2 Å². The zero-order valence-electron chi connectivity index (χ0n) is 56.2. The fraction of sp³-hybridized carbons (Fsp3) is 0.357. The summed E-state index contributed by atoms with van der Waals surface area (Å²) in [4.78, 5) is 7.97. The largest absolute Gasteiger partial charge is 0.457 e. The van der Waals surface area contributed by atoms with Crippen LogP contribution in [0, 0.1) is 13.8 Å². The molecule has 0 spiro atoms. The number of rotatable bonds is 6. The number of hydrogen-bond acceptors (Lipinski definition) is 4. The highest BCUT2D eigenvalue weighted by Gasteiger charge is 2.50. The van der Waals surface area contributed by atoms with Crippen LogP contribution in [0.4, 0.5) is 51.2 Å². The molecule has 0 fully saturated rings. The van der Waals surface area contributed by atoms with Gasteiger partial charge in [-0.2, -0.15) is 0 Å². The van der Waals surface area contributed by atoms with Crippen LogP contribution in [0.3, 0.4) is 0 Å². The van der Waals surface area contributed by atoms with Crippen LogP contribution >= 0.6 is 0 Å². The maximum atomic E-state index is 7.83. The van der Waals surface area contributed by atoms with E-state index in [9.17, 15) is 0 Å². The molecule has 0 saturated carbocycles. The molecule has 0 unspecified atom stereocenters.